The molecule has 0 bridgehead atoms. The standard InChI is InChI=1S/C12H19N3O2/c1-3-15(10-8-17-9-10)12(2,6-7-13)5-4-11(14)16/h4-5,10H,3,6,8-9H2,1-2H3,(H2,14,16). The van der Waals surface area contributed by atoms with Gasteiger partial charge in [0.15, 0.2) is 0 Å². The molecule has 1 saturated heterocycles. The second kappa shape index (κ2) is 5.80. The van der Waals surface area contributed by atoms with Gasteiger partial charge in [-0.15, -0.1) is 0 Å². The van der Waals surface area contributed by atoms with Crippen LogP contribution in [0, 0.1) is 11.3 Å². The first-order valence-corrected chi connectivity index (χ1v) is 5.73. The van der Waals surface area contributed by atoms with Crippen LogP contribution in [0.25, 0.3) is 0 Å². The lowest BCUT2D eigenvalue weighted by Gasteiger charge is -2.46. The predicted octanol–water partition coefficient (Wildman–Crippen LogP) is 0.421. The average Bonchev–Trinajstić information content (AvgIpc) is 2.20. The number of rotatable bonds is 6. The minimum atomic E-state index is -0.491. The van der Waals surface area contributed by atoms with Gasteiger partial charge in [-0.25, -0.2) is 0 Å². The van der Waals surface area contributed by atoms with Crippen molar-refractivity contribution in [3.63, 3.8) is 0 Å². The number of likely N-dealkylation sites (N-methyl/N-ethyl adjacent to an activating group) is 1. The second-order valence-electron chi connectivity index (χ2n) is 4.41. The Morgan fingerprint density at radius 1 is 1.71 bits per heavy atom. The van der Waals surface area contributed by atoms with Gasteiger partial charge in [0.05, 0.1) is 37.3 Å². The summed E-state index contributed by atoms with van der Waals surface area (Å²) in [5, 5.41) is 8.93. The molecule has 0 radical (unpaired) electrons. The summed E-state index contributed by atoms with van der Waals surface area (Å²) < 4.78 is 5.18. The minimum absolute atomic E-state index is 0.316. The van der Waals surface area contributed by atoms with E-state index in [4.69, 9.17) is 15.7 Å². The van der Waals surface area contributed by atoms with E-state index in [0.717, 1.165) is 6.54 Å². The highest BCUT2D eigenvalue weighted by Gasteiger charge is 2.36. The molecule has 1 unspecified atom stereocenters. The Bertz CT molecular complexity index is 344. The van der Waals surface area contributed by atoms with Crippen molar-refractivity contribution >= 4 is 5.91 Å². The monoisotopic (exact) mass is 237 g/mol. The fraction of sp³-hybridized carbons (Fsp3) is 0.667. The first-order chi connectivity index (χ1) is 8.03. The van der Waals surface area contributed by atoms with Crippen molar-refractivity contribution in [3.8, 4) is 6.07 Å². The third-order valence-corrected chi connectivity index (χ3v) is 3.10. The highest BCUT2D eigenvalue weighted by Crippen LogP contribution is 2.26. The SMILES string of the molecule is CCN(C1COC1)C(C)(C=CC(N)=O)CC#N. The van der Waals surface area contributed by atoms with Gasteiger partial charge in [0.25, 0.3) is 0 Å². The quantitative estimate of drug-likeness (QED) is 0.679. The molecule has 94 valence electrons. The molecule has 1 heterocycles. The van der Waals surface area contributed by atoms with Crippen molar-refractivity contribution in [2.45, 2.75) is 31.8 Å². The number of primary amides is 1. The number of nitriles is 1. The topological polar surface area (TPSA) is 79.3 Å². The molecule has 5 nitrogen and oxygen atoms in total. The summed E-state index contributed by atoms with van der Waals surface area (Å²) in [5.41, 5.74) is 4.64. The van der Waals surface area contributed by atoms with E-state index < -0.39 is 11.4 Å². The van der Waals surface area contributed by atoms with Gasteiger partial charge in [-0.05, 0) is 13.5 Å². The van der Waals surface area contributed by atoms with Gasteiger partial charge in [0.2, 0.25) is 5.91 Å². The van der Waals surface area contributed by atoms with Gasteiger partial charge in [0.1, 0.15) is 0 Å². The summed E-state index contributed by atoms with van der Waals surface area (Å²) in [6, 6.07) is 2.48. The van der Waals surface area contributed by atoms with Crippen LogP contribution in [0.3, 0.4) is 0 Å². The van der Waals surface area contributed by atoms with E-state index in [9.17, 15) is 4.79 Å². The van der Waals surface area contributed by atoms with Crippen molar-refractivity contribution in [2.75, 3.05) is 19.8 Å². The van der Waals surface area contributed by atoms with Crippen LogP contribution >= 0.6 is 0 Å². The molecule has 1 fully saturated rings. The summed E-state index contributed by atoms with van der Waals surface area (Å²) in [6.45, 7) is 6.14. The first-order valence-electron chi connectivity index (χ1n) is 5.73. The molecule has 0 aromatic rings. The maximum absolute atomic E-state index is 10.8. The van der Waals surface area contributed by atoms with Crippen molar-refractivity contribution in [1.82, 2.24) is 4.90 Å². The zero-order chi connectivity index (χ0) is 12.9. The molecular weight excluding hydrogens is 218 g/mol. The number of hydrogen-bond donors (Lipinski definition) is 1. The predicted molar refractivity (Wildman–Crippen MR) is 64.0 cm³/mol. The molecule has 1 aliphatic rings. The van der Waals surface area contributed by atoms with E-state index in [1.54, 1.807) is 6.08 Å². The van der Waals surface area contributed by atoms with Crippen LogP contribution in [0.4, 0.5) is 0 Å². The molecule has 0 spiro atoms. The summed E-state index contributed by atoms with van der Waals surface area (Å²) in [5.74, 6) is -0.491. The van der Waals surface area contributed by atoms with Crippen molar-refractivity contribution in [1.29, 1.82) is 5.26 Å². The fourth-order valence-electron chi connectivity index (χ4n) is 2.12. The Kier molecular flexibility index (Phi) is 4.67. The average molecular weight is 237 g/mol. The molecule has 2 N–H and O–H groups in total. The molecule has 17 heavy (non-hydrogen) atoms. The summed E-state index contributed by atoms with van der Waals surface area (Å²) >= 11 is 0. The number of carbonyl (C=O) groups is 1. The maximum atomic E-state index is 10.8. The van der Waals surface area contributed by atoms with E-state index >= 15 is 0 Å². The lowest BCUT2D eigenvalue weighted by molar-refractivity contribution is -0.113. The lowest BCUT2D eigenvalue weighted by Crippen LogP contribution is -2.58. The van der Waals surface area contributed by atoms with Crippen molar-refractivity contribution in [2.24, 2.45) is 5.73 Å². The van der Waals surface area contributed by atoms with E-state index in [-0.39, 0.29) is 0 Å². The first kappa shape index (κ1) is 13.7. The smallest absolute Gasteiger partial charge is 0.241 e. The van der Waals surface area contributed by atoms with E-state index in [1.165, 1.54) is 6.08 Å². The molecule has 1 atom stereocenters. The number of nitrogens with two attached hydrogens (primary N) is 1. The van der Waals surface area contributed by atoms with Crippen molar-refractivity contribution in [3.05, 3.63) is 12.2 Å². The van der Waals surface area contributed by atoms with E-state index in [0.29, 0.717) is 25.7 Å². The van der Waals surface area contributed by atoms with Crippen LogP contribution in [0.5, 0.6) is 0 Å². The van der Waals surface area contributed by atoms with Crippen LogP contribution in [-0.2, 0) is 9.53 Å². The normalized spacial score (nSPS) is 19.9. The Labute approximate surface area is 102 Å². The Morgan fingerprint density at radius 3 is 2.71 bits per heavy atom. The number of ether oxygens (including phenoxy) is 1. The van der Waals surface area contributed by atoms with Gasteiger partial charge in [-0.2, -0.15) is 5.26 Å². The zero-order valence-corrected chi connectivity index (χ0v) is 10.3. The number of carbonyl (C=O) groups excluding carboxylic acids is 1. The van der Waals surface area contributed by atoms with Crippen molar-refractivity contribution < 1.29 is 9.53 Å². The highest BCUT2D eigenvalue weighted by molar-refractivity contribution is 5.85. The van der Waals surface area contributed by atoms with E-state index in [2.05, 4.69) is 11.0 Å². The number of amides is 1. The summed E-state index contributed by atoms with van der Waals surface area (Å²) in [6.07, 6.45) is 3.38. The molecule has 0 saturated carbocycles. The van der Waals surface area contributed by atoms with E-state index in [1.807, 2.05) is 13.8 Å². The van der Waals surface area contributed by atoms with Gasteiger partial charge >= 0.3 is 0 Å². The summed E-state index contributed by atoms with van der Waals surface area (Å²) in [4.78, 5) is 13.0. The Balaban J connectivity index is 2.87. The van der Waals surface area contributed by atoms with Gasteiger partial charge in [0, 0.05) is 6.08 Å². The zero-order valence-electron chi connectivity index (χ0n) is 10.3. The third kappa shape index (κ3) is 3.29. The highest BCUT2D eigenvalue weighted by atomic mass is 16.5. The summed E-state index contributed by atoms with van der Waals surface area (Å²) in [7, 11) is 0. The molecule has 1 rings (SSSR count). The molecule has 1 amide bonds. The molecular formula is C12H19N3O2. The Morgan fingerprint density at radius 2 is 2.35 bits per heavy atom. The number of hydrogen-bond acceptors (Lipinski definition) is 4. The second-order valence-corrected chi connectivity index (χ2v) is 4.41. The molecule has 0 aliphatic carbocycles. The van der Waals surface area contributed by atoms with Crippen LogP contribution in [-0.4, -0.2) is 42.1 Å². The van der Waals surface area contributed by atoms with Gasteiger partial charge in [-0.3, -0.25) is 9.69 Å². The lowest BCUT2D eigenvalue weighted by atomic mass is 9.92. The van der Waals surface area contributed by atoms with Crippen LogP contribution in [0.1, 0.15) is 20.3 Å². The maximum Gasteiger partial charge on any atom is 0.241 e. The van der Waals surface area contributed by atoms with Crippen LogP contribution in [0.2, 0.25) is 0 Å². The molecule has 1 aliphatic heterocycles. The third-order valence-electron chi connectivity index (χ3n) is 3.10. The fourth-order valence-corrected chi connectivity index (χ4v) is 2.12. The molecule has 5 heteroatoms. The van der Waals surface area contributed by atoms with Crippen LogP contribution in [0.15, 0.2) is 12.2 Å². The number of nitrogens with zero attached hydrogens (tertiary/aromatic N) is 2. The Hall–Kier alpha value is -1.38. The molecule has 0 aromatic carbocycles. The van der Waals surface area contributed by atoms with Gasteiger partial charge < -0.3 is 10.5 Å². The largest absolute Gasteiger partial charge is 0.378 e. The minimum Gasteiger partial charge on any atom is -0.378 e. The van der Waals surface area contributed by atoms with Gasteiger partial charge in [-0.1, -0.05) is 13.0 Å². The molecule has 0 aromatic heterocycles. The van der Waals surface area contributed by atoms with Crippen LogP contribution < -0.4 is 5.73 Å².